The van der Waals surface area contributed by atoms with Crippen molar-refractivity contribution < 1.29 is 13.9 Å². The van der Waals surface area contributed by atoms with E-state index in [4.69, 9.17) is 26.5 Å². The van der Waals surface area contributed by atoms with E-state index in [0.29, 0.717) is 34.2 Å². The van der Waals surface area contributed by atoms with Gasteiger partial charge in [0.05, 0.1) is 17.1 Å². The highest BCUT2D eigenvalue weighted by atomic mass is 35.5. The molecular formula is C20H24ClN5O3. The van der Waals surface area contributed by atoms with Crippen molar-refractivity contribution in [1.82, 2.24) is 15.2 Å². The molecule has 0 spiro atoms. The summed E-state index contributed by atoms with van der Waals surface area (Å²) in [5.41, 5.74) is 6.43. The molecule has 0 bridgehead atoms. The molecule has 1 aromatic carbocycles. The van der Waals surface area contributed by atoms with Crippen LogP contribution in [-0.4, -0.2) is 41.9 Å². The predicted octanol–water partition coefficient (Wildman–Crippen LogP) is 3.72. The number of carbonyl (C=O) groups excluding carboxylic acids is 1. The number of aliphatic imine (C=N–C) groups is 1. The summed E-state index contributed by atoms with van der Waals surface area (Å²) in [5, 5.41) is 3.62. The van der Waals surface area contributed by atoms with Gasteiger partial charge < -0.3 is 19.9 Å². The maximum atomic E-state index is 12.3. The van der Waals surface area contributed by atoms with E-state index in [1.807, 2.05) is 6.07 Å². The third-order valence-corrected chi connectivity index (χ3v) is 4.88. The number of aromatic nitrogens is 1. The predicted molar refractivity (Wildman–Crippen MR) is 114 cm³/mol. The number of guanidine groups is 1. The van der Waals surface area contributed by atoms with Crippen LogP contribution < -0.4 is 15.8 Å². The van der Waals surface area contributed by atoms with Gasteiger partial charge in [0.25, 0.3) is 11.9 Å². The summed E-state index contributed by atoms with van der Waals surface area (Å²) in [4.78, 5) is 21.3. The van der Waals surface area contributed by atoms with Crippen LogP contribution in [0.25, 0.3) is 10.9 Å². The average Bonchev–Trinajstić information content (AvgIpc) is 3.36. The van der Waals surface area contributed by atoms with Crippen molar-refractivity contribution in [3.05, 3.63) is 46.8 Å². The highest BCUT2D eigenvalue weighted by molar-refractivity contribution is 6.35. The first-order chi connectivity index (χ1) is 13.9. The van der Waals surface area contributed by atoms with Crippen molar-refractivity contribution >= 4 is 34.4 Å². The van der Waals surface area contributed by atoms with Crippen LogP contribution in [0.3, 0.4) is 0 Å². The first kappa shape index (κ1) is 20.8. The van der Waals surface area contributed by atoms with E-state index in [1.54, 1.807) is 24.3 Å². The molecule has 154 valence electrons. The minimum atomic E-state index is -0.425. The van der Waals surface area contributed by atoms with Crippen LogP contribution in [0.2, 0.25) is 5.02 Å². The molecule has 29 heavy (non-hydrogen) atoms. The fourth-order valence-corrected chi connectivity index (χ4v) is 3.09. The number of amides is 1. The number of fused-ring (bicyclic) bond motifs is 1. The number of ether oxygens (including phenoxy) is 1. The van der Waals surface area contributed by atoms with Crippen LogP contribution >= 0.6 is 11.6 Å². The summed E-state index contributed by atoms with van der Waals surface area (Å²) < 4.78 is 11.7. The molecular weight excluding hydrogens is 394 g/mol. The highest BCUT2D eigenvalue weighted by Crippen LogP contribution is 2.35. The molecule has 0 unspecified atom stereocenters. The Kier molecular flexibility index (Phi) is 6.46. The van der Waals surface area contributed by atoms with E-state index in [9.17, 15) is 4.79 Å². The van der Waals surface area contributed by atoms with E-state index >= 15 is 0 Å². The second-order valence-electron chi connectivity index (χ2n) is 6.36. The second-order valence-corrected chi connectivity index (χ2v) is 6.77. The highest BCUT2D eigenvalue weighted by Gasteiger charge is 2.17. The molecule has 2 heterocycles. The standard InChI is InChI=1S/C20H24ClN5O3/c1-4-26(5-2)11-12-6-9-17(28-12)29-16-8-7-14(21)13-10-15(24-18(13)16)19(27)25-20(22)23-3/h6-10,24H,4-5,11H2,1-3H3,(H3,22,23,25,27). The van der Waals surface area contributed by atoms with Crippen LogP contribution in [0.1, 0.15) is 30.1 Å². The number of aromatic amines is 1. The number of H-pyrrole nitrogens is 1. The van der Waals surface area contributed by atoms with Crippen molar-refractivity contribution in [2.24, 2.45) is 10.7 Å². The summed E-state index contributed by atoms with van der Waals surface area (Å²) in [6.07, 6.45) is 0. The van der Waals surface area contributed by atoms with Crippen LogP contribution in [0.15, 0.2) is 39.7 Å². The topological polar surface area (TPSA) is 109 Å². The zero-order valence-electron chi connectivity index (χ0n) is 16.6. The van der Waals surface area contributed by atoms with E-state index in [-0.39, 0.29) is 11.7 Å². The summed E-state index contributed by atoms with van der Waals surface area (Å²) in [6.45, 7) is 6.79. The Labute approximate surface area is 173 Å². The first-order valence-electron chi connectivity index (χ1n) is 9.28. The minimum Gasteiger partial charge on any atom is -0.429 e. The van der Waals surface area contributed by atoms with Gasteiger partial charge in [0.1, 0.15) is 11.5 Å². The number of hydrogen-bond donors (Lipinski definition) is 3. The smallest absolute Gasteiger partial charge is 0.290 e. The SMILES string of the molecule is CCN(CC)Cc1ccc(Oc2ccc(Cl)c3cc(C(=O)NC(N)=NC)[nH]c23)o1. The van der Waals surface area contributed by atoms with Gasteiger partial charge in [0, 0.05) is 18.5 Å². The minimum absolute atomic E-state index is 0.0209. The molecule has 4 N–H and O–H groups in total. The quantitative estimate of drug-likeness (QED) is 0.401. The summed E-state index contributed by atoms with van der Waals surface area (Å²) in [6, 6.07) is 8.72. The molecule has 0 aliphatic rings. The third kappa shape index (κ3) is 4.72. The van der Waals surface area contributed by atoms with Crippen molar-refractivity contribution in [2.45, 2.75) is 20.4 Å². The molecule has 9 heteroatoms. The number of nitrogens with zero attached hydrogens (tertiary/aromatic N) is 2. The lowest BCUT2D eigenvalue weighted by Gasteiger charge is -2.15. The molecule has 0 radical (unpaired) electrons. The maximum Gasteiger partial charge on any atom is 0.290 e. The number of rotatable bonds is 7. The fourth-order valence-electron chi connectivity index (χ4n) is 2.88. The van der Waals surface area contributed by atoms with Gasteiger partial charge in [0.15, 0.2) is 11.7 Å². The first-order valence-corrected chi connectivity index (χ1v) is 9.66. The average molecular weight is 418 g/mol. The lowest BCUT2D eigenvalue weighted by Crippen LogP contribution is -2.36. The van der Waals surface area contributed by atoms with Gasteiger partial charge >= 0.3 is 0 Å². The van der Waals surface area contributed by atoms with Crippen molar-refractivity contribution in [3.63, 3.8) is 0 Å². The van der Waals surface area contributed by atoms with E-state index in [1.165, 1.54) is 7.05 Å². The van der Waals surface area contributed by atoms with E-state index in [2.05, 4.69) is 34.0 Å². The van der Waals surface area contributed by atoms with Crippen molar-refractivity contribution in [3.8, 4) is 11.7 Å². The molecule has 0 saturated carbocycles. The van der Waals surface area contributed by atoms with Gasteiger partial charge in [-0.15, -0.1) is 0 Å². The second kappa shape index (κ2) is 9.02. The summed E-state index contributed by atoms with van der Waals surface area (Å²) in [5.74, 6) is 1.26. The Morgan fingerprint density at radius 1 is 1.31 bits per heavy atom. The van der Waals surface area contributed by atoms with Gasteiger partial charge in [0.2, 0.25) is 0 Å². The molecule has 0 saturated heterocycles. The molecule has 0 aliphatic heterocycles. The van der Waals surface area contributed by atoms with Gasteiger partial charge in [-0.3, -0.25) is 20.0 Å². The van der Waals surface area contributed by atoms with Crippen LogP contribution in [0.4, 0.5) is 0 Å². The number of carbonyl (C=O) groups is 1. The molecule has 2 aromatic heterocycles. The lowest BCUT2D eigenvalue weighted by atomic mass is 10.2. The monoisotopic (exact) mass is 417 g/mol. The van der Waals surface area contributed by atoms with E-state index < -0.39 is 5.91 Å². The Bertz CT molecular complexity index is 1040. The number of halogens is 1. The van der Waals surface area contributed by atoms with E-state index in [0.717, 1.165) is 18.8 Å². The van der Waals surface area contributed by atoms with Crippen LogP contribution in [-0.2, 0) is 6.54 Å². The maximum absolute atomic E-state index is 12.3. The van der Waals surface area contributed by atoms with Gasteiger partial charge in [-0.05, 0) is 37.4 Å². The number of benzene rings is 1. The summed E-state index contributed by atoms with van der Waals surface area (Å²) >= 11 is 6.29. The van der Waals surface area contributed by atoms with Gasteiger partial charge in [-0.2, -0.15) is 0 Å². The molecule has 0 atom stereocenters. The molecule has 3 rings (SSSR count). The van der Waals surface area contributed by atoms with Gasteiger partial charge in [-0.25, -0.2) is 0 Å². The Balaban J connectivity index is 1.86. The lowest BCUT2D eigenvalue weighted by molar-refractivity contribution is 0.0972. The van der Waals surface area contributed by atoms with Crippen molar-refractivity contribution in [1.29, 1.82) is 0 Å². The summed E-state index contributed by atoms with van der Waals surface area (Å²) in [7, 11) is 1.49. The molecule has 3 aromatic rings. The van der Waals surface area contributed by atoms with Crippen molar-refractivity contribution in [2.75, 3.05) is 20.1 Å². The Hall–Kier alpha value is -2.97. The Morgan fingerprint density at radius 3 is 2.76 bits per heavy atom. The van der Waals surface area contributed by atoms with Crippen LogP contribution in [0.5, 0.6) is 11.7 Å². The number of nitrogens with two attached hydrogens (primary N) is 1. The number of furan rings is 1. The van der Waals surface area contributed by atoms with Crippen LogP contribution in [0, 0.1) is 0 Å². The fraction of sp³-hybridized carbons (Fsp3) is 0.300. The normalized spacial score (nSPS) is 12.0. The third-order valence-electron chi connectivity index (χ3n) is 4.55. The molecule has 0 fully saturated rings. The zero-order chi connectivity index (χ0) is 21.0. The molecule has 1 amide bonds. The number of hydrogen-bond acceptors (Lipinski definition) is 5. The number of nitrogens with one attached hydrogen (secondary N) is 2. The molecule has 8 nitrogen and oxygen atoms in total. The largest absolute Gasteiger partial charge is 0.429 e. The van der Waals surface area contributed by atoms with Gasteiger partial charge in [-0.1, -0.05) is 25.4 Å². The Morgan fingerprint density at radius 2 is 2.07 bits per heavy atom. The zero-order valence-corrected chi connectivity index (χ0v) is 17.3. The molecule has 0 aliphatic carbocycles.